The van der Waals surface area contributed by atoms with Crippen LogP contribution in [-0.4, -0.2) is 14.1 Å². The molecule has 3 rings (SSSR count). The number of hydrogen-bond acceptors (Lipinski definition) is 4. The van der Waals surface area contributed by atoms with Crippen LogP contribution in [0, 0.1) is 6.92 Å². The fourth-order valence-electron chi connectivity index (χ4n) is 2.96. The molecule has 0 saturated carbocycles. The zero-order chi connectivity index (χ0) is 17.4. The average molecular weight is 343 g/mol. The molecule has 0 spiro atoms. The van der Waals surface area contributed by atoms with Crippen LogP contribution < -0.4 is 0 Å². The molecule has 5 heteroatoms. The third-order valence-corrected chi connectivity index (χ3v) is 5.63. The van der Waals surface area contributed by atoms with Gasteiger partial charge in [0.2, 0.25) is 0 Å². The molecule has 4 nitrogen and oxygen atoms in total. The van der Waals surface area contributed by atoms with Gasteiger partial charge in [-0.2, -0.15) is 8.42 Å². The van der Waals surface area contributed by atoms with E-state index in [0.717, 1.165) is 17.5 Å². The lowest BCUT2D eigenvalue weighted by Gasteiger charge is -2.32. The lowest BCUT2D eigenvalue weighted by Crippen LogP contribution is -2.27. The van der Waals surface area contributed by atoms with Gasteiger partial charge in [0.15, 0.2) is 0 Å². The van der Waals surface area contributed by atoms with E-state index in [1.807, 2.05) is 25.1 Å². The SMILES string of the molecule is Cc1ccc(S(=O)(=O)O/N=C2\CCC(C)(C)c3ccccc32)cc1. The third-order valence-electron chi connectivity index (χ3n) is 4.51. The number of fused-ring (bicyclic) bond motifs is 1. The lowest BCUT2D eigenvalue weighted by molar-refractivity contribution is 0.335. The molecule has 0 N–H and O–H groups in total. The molecule has 0 amide bonds. The summed E-state index contributed by atoms with van der Waals surface area (Å²) in [6.45, 7) is 6.28. The van der Waals surface area contributed by atoms with Crippen molar-refractivity contribution in [1.82, 2.24) is 0 Å². The molecule has 0 saturated heterocycles. The van der Waals surface area contributed by atoms with Gasteiger partial charge in [-0.05, 0) is 42.9 Å². The van der Waals surface area contributed by atoms with Gasteiger partial charge in [0.05, 0.1) is 5.71 Å². The van der Waals surface area contributed by atoms with E-state index in [0.29, 0.717) is 12.1 Å². The van der Waals surface area contributed by atoms with Crippen molar-refractivity contribution in [2.75, 3.05) is 0 Å². The first-order valence-electron chi connectivity index (χ1n) is 7.97. The highest BCUT2D eigenvalue weighted by Gasteiger charge is 2.31. The summed E-state index contributed by atoms with van der Waals surface area (Å²) in [7, 11) is -3.90. The molecule has 0 heterocycles. The van der Waals surface area contributed by atoms with E-state index in [4.69, 9.17) is 4.28 Å². The molecular formula is C19H21NO3S. The molecule has 0 radical (unpaired) electrons. The van der Waals surface area contributed by atoms with Gasteiger partial charge in [0.1, 0.15) is 4.90 Å². The standard InChI is InChI=1S/C19H21NO3S/c1-14-8-10-15(11-9-14)24(21,22)23-20-18-12-13-19(2,3)17-7-5-4-6-16(17)18/h4-11H,12-13H2,1-3H3/b20-18+. The van der Waals surface area contributed by atoms with Gasteiger partial charge in [0, 0.05) is 5.56 Å². The Morgan fingerprint density at radius 2 is 1.71 bits per heavy atom. The normalized spacial score (nSPS) is 18.2. The Labute approximate surface area is 143 Å². The molecule has 1 aliphatic rings. The van der Waals surface area contributed by atoms with Gasteiger partial charge in [-0.3, -0.25) is 4.28 Å². The summed E-state index contributed by atoms with van der Waals surface area (Å²) in [6.07, 6.45) is 1.59. The Morgan fingerprint density at radius 1 is 1.04 bits per heavy atom. The smallest absolute Gasteiger partial charge is 0.264 e. The van der Waals surface area contributed by atoms with Crippen LogP contribution in [0.15, 0.2) is 58.6 Å². The number of nitrogens with zero attached hydrogens (tertiary/aromatic N) is 1. The minimum absolute atomic E-state index is 0.0471. The van der Waals surface area contributed by atoms with E-state index in [1.54, 1.807) is 12.1 Å². The van der Waals surface area contributed by atoms with Crippen molar-refractivity contribution in [3.05, 3.63) is 65.2 Å². The predicted octanol–water partition coefficient (Wildman–Crippen LogP) is 4.18. The van der Waals surface area contributed by atoms with Crippen molar-refractivity contribution in [3.63, 3.8) is 0 Å². The van der Waals surface area contributed by atoms with E-state index >= 15 is 0 Å². The average Bonchev–Trinajstić information content (AvgIpc) is 2.55. The van der Waals surface area contributed by atoms with Crippen molar-refractivity contribution < 1.29 is 12.7 Å². The Hall–Kier alpha value is -2.14. The summed E-state index contributed by atoms with van der Waals surface area (Å²) < 4.78 is 29.6. The van der Waals surface area contributed by atoms with Gasteiger partial charge in [-0.1, -0.05) is 61.0 Å². The molecular weight excluding hydrogens is 322 g/mol. The second kappa shape index (κ2) is 6.06. The van der Waals surface area contributed by atoms with Crippen LogP contribution in [0.5, 0.6) is 0 Å². The molecule has 0 atom stereocenters. The molecule has 0 fully saturated rings. The Bertz CT molecular complexity index is 881. The molecule has 2 aromatic carbocycles. The topological polar surface area (TPSA) is 55.7 Å². The van der Waals surface area contributed by atoms with Crippen LogP contribution >= 0.6 is 0 Å². The molecule has 126 valence electrons. The maximum atomic E-state index is 12.3. The second-order valence-electron chi connectivity index (χ2n) is 6.81. The molecule has 1 aliphatic carbocycles. The van der Waals surface area contributed by atoms with Crippen LogP contribution in [0.2, 0.25) is 0 Å². The van der Waals surface area contributed by atoms with Crippen LogP contribution in [0.4, 0.5) is 0 Å². The first kappa shape index (κ1) is 16.7. The van der Waals surface area contributed by atoms with E-state index in [2.05, 4.69) is 25.1 Å². The van der Waals surface area contributed by atoms with Crippen LogP contribution in [0.1, 0.15) is 43.4 Å². The lowest BCUT2D eigenvalue weighted by atomic mass is 9.72. The number of hydrogen-bond donors (Lipinski definition) is 0. The summed E-state index contributed by atoms with van der Waals surface area (Å²) in [5.74, 6) is 0. The second-order valence-corrected chi connectivity index (χ2v) is 8.34. The highest BCUT2D eigenvalue weighted by atomic mass is 32.2. The zero-order valence-electron chi connectivity index (χ0n) is 14.1. The van der Waals surface area contributed by atoms with E-state index in [-0.39, 0.29) is 10.3 Å². The fourth-order valence-corrected chi connectivity index (χ4v) is 3.71. The van der Waals surface area contributed by atoms with E-state index in [1.165, 1.54) is 17.7 Å². The summed E-state index contributed by atoms with van der Waals surface area (Å²) in [5.41, 5.74) is 3.86. The third kappa shape index (κ3) is 3.22. The maximum absolute atomic E-state index is 12.3. The highest BCUT2D eigenvalue weighted by molar-refractivity contribution is 7.86. The van der Waals surface area contributed by atoms with Crippen molar-refractivity contribution in [1.29, 1.82) is 0 Å². The molecule has 0 unspecified atom stereocenters. The van der Waals surface area contributed by atoms with Crippen LogP contribution in [0.3, 0.4) is 0 Å². The molecule has 0 bridgehead atoms. The van der Waals surface area contributed by atoms with Crippen LogP contribution in [-0.2, 0) is 19.8 Å². The van der Waals surface area contributed by atoms with E-state index in [9.17, 15) is 8.42 Å². The minimum Gasteiger partial charge on any atom is -0.264 e. The predicted molar refractivity (Wildman–Crippen MR) is 94.7 cm³/mol. The first-order valence-corrected chi connectivity index (χ1v) is 9.37. The van der Waals surface area contributed by atoms with E-state index < -0.39 is 10.1 Å². The Kier molecular flexibility index (Phi) is 4.22. The van der Waals surface area contributed by atoms with Gasteiger partial charge in [-0.25, -0.2) is 0 Å². The number of benzene rings is 2. The van der Waals surface area contributed by atoms with Crippen molar-refractivity contribution in [3.8, 4) is 0 Å². The van der Waals surface area contributed by atoms with Crippen molar-refractivity contribution in [2.24, 2.45) is 5.16 Å². The summed E-state index contributed by atoms with van der Waals surface area (Å²) in [5, 5.41) is 3.99. The Balaban J connectivity index is 1.91. The largest absolute Gasteiger partial charge is 0.358 e. The quantitative estimate of drug-likeness (QED) is 0.786. The zero-order valence-corrected chi connectivity index (χ0v) is 14.9. The first-order chi connectivity index (χ1) is 11.3. The van der Waals surface area contributed by atoms with Crippen molar-refractivity contribution in [2.45, 2.75) is 43.9 Å². The molecule has 2 aromatic rings. The number of rotatable bonds is 3. The summed E-state index contributed by atoms with van der Waals surface area (Å²) in [4.78, 5) is 0.113. The van der Waals surface area contributed by atoms with Crippen LogP contribution in [0.25, 0.3) is 0 Å². The minimum atomic E-state index is -3.90. The van der Waals surface area contributed by atoms with Gasteiger partial charge in [-0.15, -0.1) is 0 Å². The molecule has 24 heavy (non-hydrogen) atoms. The molecule has 0 aromatic heterocycles. The van der Waals surface area contributed by atoms with Gasteiger partial charge < -0.3 is 0 Å². The number of oxime groups is 1. The monoisotopic (exact) mass is 343 g/mol. The van der Waals surface area contributed by atoms with Gasteiger partial charge >= 0.3 is 10.1 Å². The summed E-state index contributed by atoms with van der Waals surface area (Å²) in [6, 6.07) is 14.5. The highest BCUT2D eigenvalue weighted by Crippen LogP contribution is 2.36. The summed E-state index contributed by atoms with van der Waals surface area (Å²) >= 11 is 0. The fraction of sp³-hybridized carbons (Fsp3) is 0.316. The molecule has 0 aliphatic heterocycles. The number of aryl methyl sites for hydroxylation is 1. The van der Waals surface area contributed by atoms with Crippen molar-refractivity contribution >= 4 is 15.8 Å². The van der Waals surface area contributed by atoms with Gasteiger partial charge in [0.25, 0.3) is 0 Å². The Morgan fingerprint density at radius 3 is 2.42 bits per heavy atom. The maximum Gasteiger partial charge on any atom is 0.358 e.